The van der Waals surface area contributed by atoms with E-state index in [1.165, 1.54) is 21.2 Å². The number of benzene rings is 4. The largest absolute Gasteiger partial charge is 0.497 e. The lowest BCUT2D eigenvalue weighted by Crippen LogP contribution is -2.50. The van der Waals surface area contributed by atoms with Crippen LogP contribution in [0.25, 0.3) is 11.4 Å². The highest BCUT2D eigenvalue weighted by molar-refractivity contribution is 9.10. The first-order chi connectivity index (χ1) is 27.3. The highest BCUT2D eigenvalue weighted by Crippen LogP contribution is 2.40. The van der Waals surface area contributed by atoms with Crippen LogP contribution in [0.2, 0.25) is 18.1 Å². The van der Waals surface area contributed by atoms with Gasteiger partial charge in [0.1, 0.15) is 15.5 Å². The molecule has 15 nitrogen and oxygen atoms in total. The molecule has 4 aromatic carbocycles. The number of aromatic nitrogens is 4. The molecule has 0 saturated heterocycles. The maximum absolute atomic E-state index is 15.4. The zero-order chi connectivity index (χ0) is 42.3. The van der Waals surface area contributed by atoms with Gasteiger partial charge in [0, 0.05) is 30.7 Å². The molecular formula is C39H48BrN7O8S2Si. The van der Waals surface area contributed by atoms with Crippen LogP contribution >= 0.6 is 15.9 Å². The summed E-state index contributed by atoms with van der Waals surface area (Å²) in [6.45, 7) is 9.32. The number of hydrogen-bond donors (Lipinski definition) is 3. The van der Waals surface area contributed by atoms with Crippen LogP contribution in [0.5, 0.6) is 5.75 Å². The molecule has 1 unspecified atom stereocenters. The second-order valence-electron chi connectivity index (χ2n) is 15.0. The molecule has 5 rings (SSSR count). The molecule has 1 atom stereocenters. The molecular weight excluding hydrogens is 867 g/mol. The van der Waals surface area contributed by atoms with Crippen LogP contribution in [0.1, 0.15) is 37.5 Å². The van der Waals surface area contributed by atoms with Gasteiger partial charge in [-0.1, -0.05) is 93.6 Å². The first-order valence-corrected chi connectivity index (χ1v) is 24.9. The van der Waals surface area contributed by atoms with Gasteiger partial charge < -0.3 is 19.6 Å². The number of hydrogen-bond acceptors (Lipinski definition) is 10. The Hall–Kier alpha value is -4.50. The van der Waals surface area contributed by atoms with Crippen molar-refractivity contribution in [1.82, 2.24) is 34.6 Å². The quantitative estimate of drug-likeness (QED) is 0.0814. The van der Waals surface area contributed by atoms with E-state index in [4.69, 9.17) is 9.16 Å². The van der Waals surface area contributed by atoms with Crippen molar-refractivity contribution in [2.75, 3.05) is 20.2 Å². The number of tetrazole rings is 1. The number of nitrogens with zero attached hydrogens (tertiary/aromatic N) is 5. The predicted molar refractivity (Wildman–Crippen MR) is 226 cm³/mol. The average molecular weight is 915 g/mol. The molecule has 0 fully saturated rings. The molecule has 0 aliphatic carbocycles. The van der Waals surface area contributed by atoms with Gasteiger partial charge in [-0.2, -0.15) is 9.10 Å². The van der Waals surface area contributed by atoms with Crippen LogP contribution < -0.4 is 14.8 Å². The van der Waals surface area contributed by atoms with Gasteiger partial charge in [-0.15, -0.1) is 10.2 Å². The molecule has 0 radical (unpaired) electrons. The number of amides is 1. The summed E-state index contributed by atoms with van der Waals surface area (Å²) in [7, 11) is -10.4. The van der Waals surface area contributed by atoms with Crippen molar-refractivity contribution in [2.24, 2.45) is 0 Å². The summed E-state index contributed by atoms with van der Waals surface area (Å²) in [6.07, 6.45) is -2.23. The molecule has 0 bridgehead atoms. The SMILES string of the molecule is COc1ccc(Cn2nnc(-c3c(Br)ccc(S(=O)(=O)NCC(CNC(=O)O)O[Si](C)(C)C(C)(C)C)c3S(=O)(=O)N(Cc3ccccc3)Cc3ccccc3)n2)cc1. The third-order valence-electron chi connectivity index (χ3n) is 9.77. The Kier molecular flexibility index (Phi) is 14.3. The molecule has 19 heteroatoms. The van der Waals surface area contributed by atoms with E-state index < -0.39 is 50.4 Å². The summed E-state index contributed by atoms with van der Waals surface area (Å²) in [6, 6.07) is 27.8. The molecule has 0 spiro atoms. The van der Waals surface area contributed by atoms with Crippen LogP contribution in [-0.4, -0.2) is 87.2 Å². The van der Waals surface area contributed by atoms with Crippen molar-refractivity contribution in [3.05, 3.63) is 118 Å². The summed E-state index contributed by atoms with van der Waals surface area (Å²) >= 11 is 3.49. The minimum absolute atomic E-state index is 0.0994. The molecule has 1 heterocycles. The lowest BCUT2D eigenvalue weighted by Gasteiger charge is -2.39. The van der Waals surface area contributed by atoms with E-state index in [0.29, 0.717) is 16.9 Å². The Morgan fingerprint density at radius 1 is 0.879 bits per heavy atom. The van der Waals surface area contributed by atoms with Crippen LogP contribution in [0, 0.1) is 0 Å². The van der Waals surface area contributed by atoms with Crippen LogP contribution in [0.3, 0.4) is 0 Å². The van der Waals surface area contributed by atoms with E-state index >= 15 is 8.42 Å². The number of ether oxygens (including phenoxy) is 1. The Morgan fingerprint density at radius 2 is 1.47 bits per heavy atom. The molecule has 5 aromatic rings. The normalized spacial score (nSPS) is 13.0. The van der Waals surface area contributed by atoms with Crippen molar-refractivity contribution in [3.8, 4) is 17.1 Å². The fourth-order valence-corrected chi connectivity index (χ4v) is 11.1. The first kappa shape index (κ1) is 44.6. The molecule has 1 aromatic heterocycles. The average Bonchev–Trinajstić information content (AvgIpc) is 3.63. The number of carboxylic acid groups (broad SMARTS) is 1. The van der Waals surface area contributed by atoms with E-state index in [-0.39, 0.29) is 53.6 Å². The van der Waals surface area contributed by atoms with E-state index in [9.17, 15) is 18.3 Å². The highest BCUT2D eigenvalue weighted by atomic mass is 79.9. The van der Waals surface area contributed by atoms with Gasteiger partial charge >= 0.3 is 6.09 Å². The molecule has 1 amide bonds. The van der Waals surface area contributed by atoms with E-state index in [0.717, 1.165) is 5.56 Å². The summed E-state index contributed by atoms with van der Waals surface area (Å²) in [4.78, 5) is 11.6. The summed E-state index contributed by atoms with van der Waals surface area (Å²) in [5.41, 5.74) is 2.03. The Bertz CT molecular complexity index is 2360. The second kappa shape index (κ2) is 18.6. The van der Waals surface area contributed by atoms with Crippen molar-refractivity contribution in [2.45, 2.75) is 74.4 Å². The standard InChI is InChI=1S/C39H48BrN7O8S2Si/c1-39(2,3)58(5,6)55-32(23-41-38(48)49)24-42-56(50,51)34-22-21-33(40)35(37-43-45-47(44-37)27-30-17-19-31(54-4)20-18-30)36(34)57(52,53)46(25-28-13-9-7-10-14-28)26-29-15-11-8-12-16-29/h7-22,32,41-42H,23-27H2,1-6H3,(H,48,49). The minimum Gasteiger partial charge on any atom is -0.497 e. The van der Waals surface area contributed by atoms with E-state index in [1.54, 1.807) is 67.8 Å². The lowest BCUT2D eigenvalue weighted by atomic mass is 10.2. The molecule has 3 N–H and O–H groups in total. The van der Waals surface area contributed by atoms with Crippen LogP contribution in [-0.2, 0) is 44.1 Å². The van der Waals surface area contributed by atoms with E-state index in [1.807, 2.05) is 58.1 Å². The van der Waals surface area contributed by atoms with Gasteiger partial charge in [0.05, 0.1) is 25.3 Å². The predicted octanol–water partition coefficient (Wildman–Crippen LogP) is 6.49. The molecule has 0 aliphatic rings. The number of carbonyl (C=O) groups is 1. The summed E-state index contributed by atoms with van der Waals surface area (Å²) in [5.74, 6) is 0.521. The number of sulfonamides is 2. The maximum atomic E-state index is 15.4. The van der Waals surface area contributed by atoms with Gasteiger partial charge in [-0.25, -0.2) is 26.4 Å². The smallest absolute Gasteiger partial charge is 0.404 e. The van der Waals surface area contributed by atoms with Gasteiger partial charge in [-0.05, 0) is 80.2 Å². The van der Waals surface area contributed by atoms with Crippen molar-refractivity contribution < 1.29 is 35.9 Å². The Morgan fingerprint density at radius 3 is 2.00 bits per heavy atom. The van der Waals surface area contributed by atoms with E-state index in [2.05, 4.69) is 41.4 Å². The van der Waals surface area contributed by atoms with Gasteiger partial charge in [0.2, 0.25) is 25.9 Å². The fourth-order valence-electron chi connectivity index (χ4n) is 5.68. The van der Waals surface area contributed by atoms with Crippen molar-refractivity contribution in [1.29, 1.82) is 0 Å². The lowest BCUT2D eigenvalue weighted by molar-refractivity contribution is 0.163. The summed E-state index contributed by atoms with van der Waals surface area (Å²) in [5, 5.41) is 24.4. The third kappa shape index (κ3) is 11.2. The molecule has 0 saturated carbocycles. The Labute approximate surface area is 349 Å². The zero-order valence-corrected chi connectivity index (χ0v) is 37.3. The topological polar surface area (TPSA) is 195 Å². The number of halogens is 1. The van der Waals surface area contributed by atoms with Crippen LogP contribution in [0.15, 0.2) is 111 Å². The van der Waals surface area contributed by atoms with Crippen molar-refractivity contribution in [3.63, 3.8) is 0 Å². The number of nitrogens with one attached hydrogen (secondary N) is 2. The zero-order valence-electron chi connectivity index (χ0n) is 33.1. The molecule has 58 heavy (non-hydrogen) atoms. The monoisotopic (exact) mass is 913 g/mol. The van der Waals surface area contributed by atoms with Crippen molar-refractivity contribution >= 4 is 50.4 Å². The van der Waals surface area contributed by atoms with Crippen LogP contribution in [0.4, 0.5) is 4.79 Å². The highest BCUT2D eigenvalue weighted by Gasteiger charge is 2.41. The van der Waals surface area contributed by atoms with Gasteiger partial charge in [0.25, 0.3) is 0 Å². The minimum atomic E-state index is -4.74. The number of methoxy groups -OCH3 is 1. The van der Waals surface area contributed by atoms with Gasteiger partial charge in [-0.3, -0.25) is 0 Å². The fraction of sp³-hybridized carbons (Fsp3) is 0.333. The summed E-state index contributed by atoms with van der Waals surface area (Å²) < 4.78 is 75.5. The Balaban J connectivity index is 1.65. The first-order valence-electron chi connectivity index (χ1n) is 18.3. The molecule has 310 valence electrons. The maximum Gasteiger partial charge on any atom is 0.404 e. The van der Waals surface area contributed by atoms with Gasteiger partial charge in [0.15, 0.2) is 8.32 Å². The molecule has 0 aliphatic heterocycles. The number of rotatable bonds is 18. The second-order valence-corrected chi connectivity index (χ2v) is 24.2. The third-order valence-corrected chi connectivity index (χ3v) is 18.4.